The second kappa shape index (κ2) is 7.03. The first-order chi connectivity index (χ1) is 10.2. The van der Waals surface area contributed by atoms with Gasteiger partial charge in [-0.05, 0) is 39.8 Å². The summed E-state index contributed by atoms with van der Waals surface area (Å²) >= 11 is 0. The first-order valence-corrected chi connectivity index (χ1v) is 8.19. The Morgan fingerprint density at radius 2 is 1.59 bits per heavy atom. The molecule has 0 amide bonds. The van der Waals surface area contributed by atoms with E-state index in [0.717, 1.165) is 39.1 Å². The van der Waals surface area contributed by atoms with Crippen molar-refractivity contribution in [1.29, 1.82) is 0 Å². The average Bonchev–Trinajstić information content (AvgIpc) is 2.82. The number of β-amino-alcohol motifs (C(OH)–C–C–N with tert-alkyl or cyclic N) is 1. The SMILES string of the molecule is CC(C)N1CCN(CCCN2CC[C@](O)(C(F)(F)F)C2)CC1. The van der Waals surface area contributed by atoms with Gasteiger partial charge in [0, 0.05) is 45.3 Å². The Morgan fingerprint density at radius 3 is 2.09 bits per heavy atom. The minimum Gasteiger partial charge on any atom is -0.379 e. The number of alkyl halides is 3. The summed E-state index contributed by atoms with van der Waals surface area (Å²) in [7, 11) is 0. The maximum Gasteiger partial charge on any atom is 0.418 e. The molecule has 2 heterocycles. The minimum atomic E-state index is -4.52. The lowest BCUT2D eigenvalue weighted by molar-refractivity contribution is -0.253. The first kappa shape index (κ1) is 18.0. The van der Waals surface area contributed by atoms with Crippen LogP contribution in [0.2, 0.25) is 0 Å². The standard InChI is InChI=1S/C15H28F3N3O/c1-13(2)21-10-8-19(9-11-21)5-3-6-20-7-4-14(22,12-20)15(16,17)18/h13,22H,3-12H2,1-2H3/t14-/m1/s1. The molecule has 0 saturated carbocycles. The molecule has 22 heavy (non-hydrogen) atoms. The fourth-order valence-corrected chi connectivity index (χ4v) is 3.31. The molecule has 0 aromatic carbocycles. The van der Waals surface area contributed by atoms with Crippen molar-refractivity contribution in [2.45, 2.75) is 44.5 Å². The summed E-state index contributed by atoms with van der Waals surface area (Å²) in [5.41, 5.74) is -2.50. The summed E-state index contributed by atoms with van der Waals surface area (Å²) in [6.07, 6.45) is -3.87. The van der Waals surface area contributed by atoms with E-state index in [1.54, 1.807) is 4.90 Å². The van der Waals surface area contributed by atoms with Crippen molar-refractivity contribution >= 4 is 0 Å². The molecule has 2 aliphatic heterocycles. The normalized spacial score (nSPS) is 29.6. The van der Waals surface area contributed by atoms with E-state index < -0.39 is 11.8 Å². The molecule has 2 fully saturated rings. The lowest BCUT2D eigenvalue weighted by Crippen LogP contribution is -2.49. The van der Waals surface area contributed by atoms with Crippen molar-refractivity contribution in [3.05, 3.63) is 0 Å². The Morgan fingerprint density at radius 1 is 1.00 bits per heavy atom. The van der Waals surface area contributed by atoms with E-state index in [1.165, 1.54) is 0 Å². The van der Waals surface area contributed by atoms with Crippen molar-refractivity contribution in [2.75, 3.05) is 52.4 Å². The van der Waals surface area contributed by atoms with Crippen LogP contribution < -0.4 is 0 Å². The predicted octanol–water partition coefficient (Wildman–Crippen LogP) is 1.40. The van der Waals surface area contributed by atoms with E-state index in [0.29, 0.717) is 19.1 Å². The van der Waals surface area contributed by atoms with Gasteiger partial charge in [0.1, 0.15) is 0 Å². The topological polar surface area (TPSA) is 30.0 Å². The third-order valence-corrected chi connectivity index (χ3v) is 4.94. The van der Waals surface area contributed by atoms with Gasteiger partial charge in [0.15, 0.2) is 5.60 Å². The first-order valence-electron chi connectivity index (χ1n) is 8.19. The number of halogens is 3. The largest absolute Gasteiger partial charge is 0.418 e. The molecular weight excluding hydrogens is 295 g/mol. The second-order valence-electron chi connectivity index (χ2n) is 6.88. The van der Waals surface area contributed by atoms with Crippen molar-refractivity contribution in [3.63, 3.8) is 0 Å². The van der Waals surface area contributed by atoms with Crippen LogP contribution >= 0.6 is 0 Å². The van der Waals surface area contributed by atoms with Crippen LogP contribution in [-0.2, 0) is 0 Å². The van der Waals surface area contributed by atoms with E-state index in [2.05, 4.69) is 23.6 Å². The van der Waals surface area contributed by atoms with Gasteiger partial charge in [0.05, 0.1) is 0 Å². The summed E-state index contributed by atoms with van der Waals surface area (Å²) in [6.45, 7) is 10.2. The van der Waals surface area contributed by atoms with Gasteiger partial charge in [-0.1, -0.05) is 0 Å². The number of hydrogen-bond donors (Lipinski definition) is 1. The fraction of sp³-hybridized carbons (Fsp3) is 1.00. The third-order valence-electron chi connectivity index (χ3n) is 4.94. The van der Waals surface area contributed by atoms with Crippen LogP contribution in [0.1, 0.15) is 26.7 Å². The molecule has 0 unspecified atom stereocenters. The molecule has 130 valence electrons. The van der Waals surface area contributed by atoms with Gasteiger partial charge in [-0.2, -0.15) is 13.2 Å². The van der Waals surface area contributed by atoms with Crippen LogP contribution in [0, 0.1) is 0 Å². The molecule has 1 atom stereocenters. The molecule has 1 N–H and O–H groups in total. The monoisotopic (exact) mass is 323 g/mol. The molecule has 0 spiro atoms. The van der Waals surface area contributed by atoms with Crippen LogP contribution in [-0.4, -0.2) is 90.0 Å². The van der Waals surface area contributed by atoms with E-state index in [4.69, 9.17) is 0 Å². The van der Waals surface area contributed by atoms with Gasteiger partial charge >= 0.3 is 6.18 Å². The molecular formula is C15H28F3N3O. The summed E-state index contributed by atoms with van der Waals surface area (Å²) in [5.74, 6) is 0. The summed E-state index contributed by atoms with van der Waals surface area (Å²) in [5, 5.41) is 9.64. The highest BCUT2D eigenvalue weighted by Gasteiger charge is 2.56. The maximum atomic E-state index is 12.7. The van der Waals surface area contributed by atoms with Gasteiger partial charge < -0.3 is 10.0 Å². The van der Waals surface area contributed by atoms with Crippen molar-refractivity contribution in [1.82, 2.24) is 14.7 Å². The van der Waals surface area contributed by atoms with Gasteiger partial charge in [-0.15, -0.1) is 0 Å². The molecule has 2 aliphatic rings. The zero-order valence-electron chi connectivity index (χ0n) is 13.6. The fourth-order valence-electron chi connectivity index (χ4n) is 3.31. The number of rotatable bonds is 5. The zero-order chi connectivity index (χ0) is 16.4. The van der Waals surface area contributed by atoms with Crippen LogP contribution in [0.25, 0.3) is 0 Å². The van der Waals surface area contributed by atoms with Crippen LogP contribution in [0.4, 0.5) is 13.2 Å². The maximum absolute atomic E-state index is 12.7. The molecule has 2 rings (SSSR count). The highest BCUT2D eigenvalue weighted by molar-refractivity contribution is 4.95. The lowest BCUT2D eigenvalue weighted by Gasteiger charge is -2.37. The third kappa shape index (κ3) is 4.34. The number of aliphatic hydroxyl groups is 1. The second-order valence-corrected chi connectivity index (χ2v) is 6.88. The molecule has 0 bridgehead atoms. The van der Waals surface area contributed by atoms with Crippen LogP contribution in [0.3, 0.4) is 0 Å². The average molecular weight is 323 g/mol. The Hall–Kier alpha value is -0.370. The molecule has 7 heteroatoms. The smallest absolute Gasteiger partial charge is 0.379 e. The van der Waals surface area contributed by atoms with Gasteiger partial charge in [-0.3, -0.25) is 9.80 Å². The van der Waals surface area contributed by atoms with Crippen molar-refractivity contribution in [3.8, 4) is 0 Å². The van der Waals surface area contributed by atoms with Crippen LogP contribution in [0.15, 0.2) is 0 Å². The highest BCUT2D eigenvalue weighted by Crippen LogP contribution is 2.37. The Kier molecular flexibility index (Phi) is 5.74. The zero-order valence-corrected chi connectivity index (χ0v) is 13.6. The van der Waals surface area contributed by atoms with E-state index in [1.807, 2.05) is 0 Å². The van der Waals surface area contributed by atoms with E-state index in [-0.39, 0.29) is 13.0 Å². The summed E-state index contributed by atoms with van der Waals surface area (Å²) in [4.78, 5) is 6.56. The molecule has 2 saturated heterocycles. The molecule has 0 aromatic heterocycles. The molecule has 4 nitrogen and oxygen atoms in total. The lowest BCUT2D eigenvalue weighted by atomic mass is 10.0. The van der Waals surface area contributed by atoms with E-state index in [9.17, 15) is 18.3 Å². The van der Waals surface area contributed by atoms with Gasteiger partial charge in [0.2, 0.25) is 0 Å². The molecule has 0 radical (unpaired) electrons. The van der Waals surface area contributed by atoms with Crippen LogP contribution in [0.5, 0.6) is 0 Å². The predicted molar refractivity (Wildman–Crippen MR) is 79.8 cm³/mol. The number of piperazine rings is 1. The quantitative estimate of drug-likeness (QED) is 0.828. The summed E-state index contributed by atoms with van der Waals surface area (Å²) < 4.78 is 38.2. The summed E-state index contributed by atoms with van der Waals surface area (Å²) in [6, 6.07) is 0.576. The highest BCUT2D eigenvalue weighted by atomic mass is 19.4. The van der Waals surface area contributed by atoms with Gasteiger partial charge in [-0.25, -0.2) is 0 Å². The van der Waals surface area contributed by atoms with Crippen molar-refractivity contribution in [2.24, 2.45) is 0 Å². The number of likely N-dealkylation sites (tertiary alicyclic amines) is 1. The van der Waals surface area contributed by atoms with E-state index >= 15 is 0 Å². The Labute approximate surface area is 130 Å². The van der Waals surface area contributed by atoms with Gasteiger partial charge in [0.25, 0.3) is 0 Å². The minimum absolute atomic E-state index is 0.205. The Bertz CT molecular complexity index is 356. The molecule has 0 aromatic rings. The molecule has 0 aliphatic carbocycles. The Balaban J connectivity index is 1.64. The number of nitrogens with zero attached hydrogens (tertiary/aromatic N) is 3. The number of hydrogen-bond acceptors (Lipinski definition) is 4. The van der Waals surface area contributed by atoms with Crippen molar-refractivity contribution < 1.29 is 18.3 Å².